The number of epoxide rings is 2. The summed E-state index contributed by atoms with van der Waals surface area (Å²) in [6.07, 6.45) is 3.36. The van der Waals surface area contributed by atoms with E-state index in [0.717, 1.165) is 12.8 Å². The molecule has 1 N–H and O–H groups in total. The molecule has 4 aliphatic rings. The number of β-amino-alcohol motifs (C(OH)–C–C–N with tert-alkyl or cyclic N) is 1. The quantitative estimate of drug-likeness (QED) is 0.578. The van der Waals surface area contributed by atoms with E-state index in [-0.39, 0.29) is 41.5 Å². The van der Waals surface area contributed by atoms with E-state index in [2.05, 4.69) is 26.8 Å². The van der Waals surface area contributed by atoms with Gasteiger partial charge in [-0.15, -0.1) is 0 Å². The minimum Gasteiger partial charge on any atom is -0.443 e. The first-order chi connectivity index (χ1) is 12.8. The summed E-state index contributed by atoms with van der Waals surface area (Å²) in [6.45, 7) is 7.70. The average molecular weight is 381 g/mol. The predicted molar refractivity (Wildman–Crippen MR) is 97.4 cm³/mol. The number of carbonyl (C=O) groups is 1. The van der Waals surface area contributed by atoms with E-state index in [0.29, 0.717) is 26.1 Å². The van der Waals surface area contributed by atoms with E-state index in [9.17, 15) is 9.90 Å². The summed E-state index contributed by atoms with van der Waals surface area (Å²) in [5.41, 5.74) is 0.729. The maximum atomic E-state index is 12.4. The number of hydrogen-bond acceptors (Lipinski definition) is 6. The van der Waals surface area contributed by atoms with Crippen LogP contribution in [0.1, 0.15) is 40.0 Å². The molecule has 4 rings (SSSR count). The molecule has 27 heavy (non-hydrogen) atoms. The standard InChI is InChI=1S/C20H31NO6/c1-12(2)5-6-15-19(3,27-15)17-16(24-4)14(7-8-20(17)11-25-20)26-18(23)21-9-13(22)10-21/h5,13-17,22H,6-11H2,1-4H3/t14-,15-,16?,17-,19+,20?/m1/s1. The highest BCUT2D eigenvalue weighted by atomic mass is 16.6. The molecule has 1 aliphatic carbocycles. The lowest BCUT2D eigenvalue weighted by Crippen LogP contribution is -2.58. The van der Waals surface area contributed by atoms with E-state index in [4.69, 9.17) is 18.9 Å². The van der Waals surface area contributed by atoms with E-state index >= 15 is 0 Å². The van der Waals surface area contributed by atoms with Crippen LogP contribution < -0.4 is 0 Å². The molecular weight excluding hydrogens is 350 g/mol. The Morgan fingerprint density at radius 2 is 2.07 bits per heavy atom. The smallest absolute Gasteiger partial charge is 0.410 e. The molecule has 1 spiro atoms. The van der Waals surface area contributed by atoms with Crippen molar-refractivity contribution < 1.29 is 28.8 Å². The molecule has 7 heteroatoms. The Morgan fingerprint density at radius 1 is 1.37 bits per heavy atom. The minimum absolute atomic E-state index is 0.0269. The Morgan fingerprint density at radius 3 is 2.63 bits per heavy atom. The van der Waals surface area contributed by atoms with Gasteiger partial charge in [-0.05, 0) is 40.0 Å². The van der Waals surface area contributed by atoms with Crippen molar-refractivity contribution in [3.05, 3.63) is 11.6 Å². The number of methoxy groups -OCH3 is 1. The molecule has 2 unspecified atom stereocenters. The highest BCUT2D eigenvalue weighted by Crippen LogP contribution is 2.59. The van der Waals surface area contributed by atoms with Crippen molar-refractivity contribution in [1.82, 2.24) is 4.90 Å². The fourth-order valence-electron chi connectivity index (χ4n) is 4.88. The number of hydrogen-bond donors (Lipinski definition) is 1. The lowest BCUT2D eigenvalue weighted by molar-refractivity contribution is -0.126. The van der Waals surface area contributed by atoms with Crippen LogP contribution in [-0.2, 0) is 18.9 Å². The van der Waals surface area contributed by atoms with Gasteiger partial charge < -0.3 is 29.0 Å². The zero-order valence-electron chi connectivity index (χ0n) is 16.6. The molecule has 1 saturated carbocycles. The number of aliphatic hydroxyl groups is 1. The van der Waals surface area contributed by atoms with Crippen molar-refractivity contribution >= 4 is 6.09 Å². The van der Waals surface area contributed by atoms with E-state index < -0.39 is 6.10 Å². The molecule has 1 amide bonds. The van der Waals surface area contributed by atoms with Gasteiger partial charge in [0.2, 0.25) is 0 Å². The molecule has 4 fully saturated rings. The molecule has 152 valence electrons. The van der Waals surface area contributed by atoms with Gasteiger partial charge in [0, 0.05) is 7.11 Å². The topological polar surface area (TPSA) is 84.1 Å². The molecule has 7 nitrogen and oxygen atoms in total. The van der Waals surface area contributed by atoms with Crippen molar-refractivity contribution in [2.24, 2.45) is 5.92 Å². The number of carbonyl (C=O) groups excluding carboxylic acids is 1. The Bertz CT molecular complexity index is 622. The van der Waals surface area contributed by atoms with Gasteiger partial charge in [-0.25, -0.2) is 4.79 Å². The van der Waals surface area contributed by atoms with Crippen molar-refractivity contribution in [3.63, 3.8) is 0 Å². The highest BCUT2D eigenvalue weighted by molar-refractivity contribution is 5.69. The van der Waals surface area contributed by atoms with Gasteiger partial charge in [-0.1, -0.05) is 11.6 Å². The first kappa shape index (κ1) is 19.2. The molecule has 3 saturated heterocycles. The number of amides is 1. The van der Waals surface area contributed by atoms with Gasteiger partial charge in [0.1, 0.15) is 23.4 Å². The number of nitrogens with zero attached hydrogens (tertiary/aromatic N) is 1. The summed E-state index contributed by atoms with van der Waals surface area (Å²) in [5, 5.41) is 9.41. The van der Waals surface area contributed by atoms with Crippen LogP contribution in [0.3, 0.4) is 0 Å². The maximum absolute atomic E-state index is 12.4. The summed E-state index contributed by atoms with van der Waals surface area (Å²) < 4.78 is 23.7. The van der Waals surface area contributed by atoms with Crippen LogP contribution >= 0.6 is 0 Å². The number of rotatable bonds is 5. The molecule has 0 bridgehead atoms. The zero-order valence-corrected chi connectivity index (χ0v) is 16.6. The fraction of sp³-hybridized carbons (Fsp3) is 0.850. The fourth-order valence-corrected chi connectivity index (χ4v) is 4.88. The molecule has 3 heterocycles. The first-order valence-corrected chi connectivity index (χ1v) is 9.90. The minimum atomic E-state index is -0.437. The Labute approximate surface area is 160 Å². The SMILES string of the molecule is COC1[C@H](OC(=O)N2CC(O)C2)CCC2(CO2)[C@H]1[C@@]1(C)O[C@@H]1CC=C(C)C. The maximum Gasteiger partial charge on any atom is 0.410 e. The van der Waals surface area contributed by atoms with E-state index in [1.807, 2.05) is 0 Å². The Balaban J connectivity index is 1.47. The third-order valence-corrected chi connectivity index (χ3v) is 6.61. The third-order valence-electron chi connectivity index (χ3n) is 6.61. The summed E-state index contributed by atoms with van der Waals surface area (Å²) in [5.74, 6) is 0.0269. The normalized spacial score (nSPS) is 43.2. The first-order valence-electron chi connectivity index (χ1n) is 9.90. The van der Waals surface area contributed by atoms with Crippen LogP contribution in [0.25, 0.3) is 0 Å². The van der Waals surface area contributed by atoms with Gasteiger partial charge in [0.05, 0.1) is 37.8 Å². The summed E-state index contributed by atoms with van der Waals surface area (Å²) in [6, 6.07) is 0. The number of aliphatic hydroxyl groups excluding tert-OH is 1. The van der Waals surface area contributed by atoms with E-state index in [1.54, 1.807) is 7.11 Å². The second-order valence-electron chi connectivity index (χ2n) is 8.86. The number of ether oxygens (including phenoxy) is 4. The lowest BCUT2D eigenvalue weighted by Gasteiger charge is -2.44. The van der Waals surface area contributed by atoms with Gasteiger partial charge in [0.15, 0.2) is 0 Å². The molecule has 3 aliphatic heterocycles. The number of likely N-dealkylation sites (tertiary alicyclic amines) is 1. The van der Waals surface area contributed by atoms with Gasteiger partial charge in [0.25, 0.3) is 0 Å². The van der Waals surface area contributed by atoms with Crippen LogP contribution in [0.5, 0.6) is 0 Å². The van der Waals surface area contributed by atoms with Crippen LogP contribution in [-0.4, -0.2) is 78.5 Å². The van der Waals surface area contributed by atoms with Crippen molar-refractivity contribution in [3.8, 4) is 0 Å². The van der Waals surface area contributed by atoms with Gasteiger partial charge in [-0.3, -0.25) is 0 Å². The second kappa shape index (κ2) is 6.72. The monoisotopic (exact) mass is 381 g/mol. The lowest BCUT2D eigenvalue weighted by atomic mass is 9.68. The molecule has 6 atom stereocenters. The van der Waals surface area contributed by atoms with Gasteiger partial charge in [-0.2, -0.15) is 0 Å². The van der Waals surface area contributed by atoms with Crippen LogP contribution in [0.2, 0.25) is 0 Å². The largest absolute Gasteiger partial charge is 0.443 e. The molecule has 0 aromatic carbocycles. The Kier molecular flexibility index (Phi) is 4.78. The highest BCUT2D eigenvalue weighted by Gasteiger charge is 2.72. The summed E-state index contributed by atoms with van der Waals surface area (Å²) in [4.78, 5) is 13.9. The van der Waals surface area contributed by atoms with Crippen molar-refractivity contribution in [2.75, 3.05) is 26.8 Å². The molecular formula is C20H31NO6. The van der Waals surface area contributed by atoms with Gasteiger partial charge >= 0.3 is 6.09 Å². The average Bonchev–Trinajstić information content (AvgIpc) is 3.49. The van der Waals surface area contributed by atoms with Crippen molar-refractivity contribution in [2.45, 2.75) is 75.7 Å². The molecule has 0 aromatic heterocycles. The zero-order chi connectivity index (χ0) is 19.4. The molecule has 0 radical (unpaired) electrons. The van der Waals surface area contributed by atoms with Crippen LogP contribution in [0, 0.1) is 5.92 Å². The Hall–Kier alpha value is -1.15. The third kappa shape index (κ3) is 3.39. The van der Waals surface area contributed by atoms with Crippen molar-refractivity contribution in [1.29, 1.82) is 0 Å². The van der Waals surface area contributed by atoms with Crippen LogP contribution in [0.15, 0.2) is 11.6 Å². The predicted octanol–water partition coefficient (Wildman–Crippen LogP) is 1.88. The second-order valence-corrected chi connectivity index (χ2v) is 8.86. The summed E-state index contributed by atoms with van der Waals surface area (Å²) >= 11 is 0. The number of allylic oxidation sites excluding steroid dienone is 1. The van der Waals surface area contributed by atoms with E-state index in [1.165, 1.54) is 10.5 Å². The molecule has 0 aromatic rings. The summed E-state index contributed by atoms with van der Waals surface area (Å²) in [7, 11) is 1.67. The van der Waals surface area contributed by atoms with Crippen LogP contribution in [0.4, 0.5) is 4.79 Å².